The second-order valence-corrected chi connectivity index (χ2v) is 5.75. The summed E-state index contributed by atoms with van der Waals surface area (Å²) in [7, 11) is -3.80. The number of hydrogen-bond donors (Lipinski definition) is 2. The van der Waals surface area contributed by atoms with Crippen molar-refractivity contribution < 1.29 is 13.2 Å². The highest BCUT2D eigenvalue weighted by molar-refractivity contribution is 7.89. The van der Waals surface area contributed by atoms with Crippen molar-refractivity contribution in [2.75, 3.05) is 6.54 Å². The fourth-order valence-electron chi connectivity index (χ4n) is 1.58. The van der Waals surface area contributed by atoms with E-state index in [-0.39, 0.29) is 10.8 Å². The Morgan fingerprint density at radius 1 is 1.37 bits per heavy atom. The Balaban J connectivity index is 2.89. The van der Waals surface area contributed by atoms with E-state index in [0.29, 0.717) is 17.7 Å². The van der Waals surface area contributed by atoms with Crippen LogP contribution in [0.5, 0.6) is 0 Å². The molecule has 3 N–H and O–H groups in total. The smallest absolute Gasteiger partial charge is 0.251 e. The molecule has 0 saturated carbocycles. The van der Waals surface area contributed by atoms with Gasteiger partial charge in [-0.05, 0) is 44.0 Å². The molecule has 1 rings (SSSR count). The zero-order valence-electron chi connectivity index (χ0n) is 11.0. The molecular weight excluding hydrogens is 264 g/mol. The predicted octanol–water partition coefficient (Wildman–Crippen LogP) is 1.34. The van der Waals surface area contributed by atoms with Crippen molar-refractivity contribution in [3.8, 4) is 0 Å². The molecule has 1 aromatic carbocycles. The quantitative estimate of drug-likeness (QED) is 0.631. The van der Waals surface area contributed by atoms with Gasteiger partial charge < -0.3 is 5.32 Å². The molecule has 0 spiro atoms. The molecule has 0 aliphatic heterocycles. The van der Waals surface area contributed by atoms with E-state index in [2.05, 4.69) is 5.32 Å². The summed E-state index contributed by atoms with van der Waals surface area (Å²) in [5.74, 6) is -0.307. The van der Waals surface area contributed by atoms with Gasteiger partial charge in [-0.2, -0.15) is 0 Å². The van der Waals surface area contributed by atoms with Crippen LogP contribution < -0.4 is 10.5 Å². The first-order chi connectivity index (χ1) is 8.84. The van der Waals surface area contributed by atoms with E-state index in [1.165, 1.54) is 12.1 Å². The number of primary sulfonamides is 1. The third-order valence-corrected chi connectivity index (χ3v) is 3.37. The standard InChI is InChI=1S/C13H18N2O3S/c1-3-4-5-6-15-13(16)11-7-10(2)8-12(9-11)19(14,17)18/h3-4,7-9H,5-6H2,1-2H3,(H,15,16)(H2,14,17,18)/b4-3+. The van der Waals surface area contributed by atoms with Crippen LogP contribution in [0.2, 0.25) is 0 Å². The monoisotopic (exact) mass is 282 g/mol. The number of sulfonamides is 1. The zero-order valence-corrected chi connectivity index (χ0v) is 11.8. The first-order valence-corrected chi connectivity index (χ1v) is 7.43. The third kappa shape index (κ3) is 4.84. The number of nitrogens with one attached hydrogen (secondary N) is 1. The molecule has 19 heavy (non-hydrogen) atoms. The van der Waals surface area contributed by atoms with Gasteiger partial charge in [0.1, 0.15) is 0 Å². The second-order valence-electron chi connectivity index (χ2n) is 4.19. The molecule has 0 saturated heterocycles. The van der Waals surface area contributed by atoms with Gasteiger partial charge in [-0.1, -0.05) is 12.2 Å². The molecule has 104 valence electrons. The van der Waals surface area contributed by atoms with Crippen LogP contribution in [0.1, 0.15) is 29.3 Å². The Kier molecular flexibility index (Phi) is 5.26. The Morgan fingerprint density at radius 2 is 2.05 bits per heavy atom. The van der Waals surface area contributed by atoms with Crippen LogP contribution in [0.25, 0.3) is 0 Å². The summed E-state index contributed by atoms with van der Waals surface area (Å²) in [5.41, 5.74) is 0.967. The second kappa shape index (κ2) is 6.49. The van der Waals surface area contributed by atoms with Crippen molar-refractivity contribution in [3.05, 3.63) is 41.5 Å². The minimum Gasteiger partial charge on any atom is -0.352 e. The summed E-state index contributed by atoms with van der Waals surface area (Å²) < 4.78 is 22.6. The van der Waals surface area contributed by atoms with Crippen molar-refractivity contribution in [2.24, 2.45) is 5.14 Å². The van der Waals surface area contributed by atoms with Crippen LogP contribution in [0, 0.1) is 6.92 Å². The van der Waals surface area contributed by atoms with Gasteiger partial charge in [0, 0.05) is 12.1 Å². The minimum atomic E-state index is -3.80. The van der Waals surface area contributed by atoms with Gasteiger partial charge in [0.05, 0.1) is 4.90 Å². The van der Waals surface area contributed by atoms with E-state index >= 15 is 0 Å². The van der Waals surface area contributed by atoms with Crippen LogP contribution in [-0.4, -0.2) is 20.9 Å². The molecule has 1 amide bonds. The third-order valence-electron chi connectivity index (χ3n) is 2.47. The van der Waals surface area contributed by atoms with E-state index in [4.69, 9.17) is 5.14 Å². The highest BCUT2D eigenvalue weighted by Crippen LogP contribution is 2.13. The van der Waals surface area contributed by atoms with Gasteiger partial charge in [0.2, 0.25) is 10.0 Å². The normalized spacial score (nSPS) is 11.7. The van der Waals surface area contributed by atoms with Gasteiger partial charge in [-0.15, -0.1) is 0 Å². The average Bonchev–Trinajstić information content (AvgIpc) is 2.32. The number of allylic oxidation sites excluding steroid dienone is 1. The van der Waals surface area contributed by atoms with Crippen LogP contribution in [0.4, 0.5) is 0 Å². The first kappa shape index (κ1) is 15.4. The number of amides is 1. The van der Waals surface area contributed by atoms with E-state index in [9.17, 15) is 13.2 Å². The predicted molar refractivity (Wildman–Crippen MR) is 74.3 cm³/mol. The van der Waals surface area contributed by atoms with Crippen molar-refractivity contribution in [3.63, 3.8) is 0 Å². The molecule has 0 bridgehead atoms. The Hall–Kier alpha value is -1.66. The van der Waals surface area contributed by atoms with Crippen molar-refractivity contribution in [1.29, 1.82) is 0 Å². The summed E-state index contributed by atoms with van der Waals surface area (Å²) in [4.78, 5) is 11.8. The molecule has 0 fully saturated rings. The number of benzene rings is 1. The molecule has 0 aliphatic carbocycles. The van der Waals surface area contributed by atoms with Gasteiger partial charge >= 0.3 is 0 Å². The molecule has 1 aromatic rings. The van der Waals surface area contributed by atoms with E-state index in [1.54, 1.807) is 13.0 Å². The lowest BCUT2D eigenvalue weighted by Gasteiger charge is -2.07. The Bertz CT molecular complexity index is 592. The number of aryl methyl sites for hydroxylation is 1. The molecule has 0 aromatic heterocycles. The summed E-state index contributed by atoms with van der Waals surface area (Å²) in [5, 5.41) is 7.78. The van der Waals surface area contributed by atoms with Gasteiger partial charge in [0.15, 0.2) is 0 Å². The first-order valence-electron chi connectivity index (χ1n) is 5.88. The molecule has 0 unspecified atom stereocenters. The van der Waals surface area contributed by atoms with Crippen molar-refractivity contribution >= 4 is 15.9 Å². The Morgan fingerprint density at radius 3 is 2.63 bits per heavy atom. The number of nitrogens with two attached hydrogens (primary N) is 1. The number of carbonyl (C=O) groups is 1. The number of carbonyl (C=O) groups excluding carboxylic acids is 1. The molecule has 0 heterocycles. The molecule has 0 aliphatic rings. The van der Waals surface area contributed by atoms with Crippen LogP contribution >= 0.6 is 0 Å². The van der Waals surface area contributed by atoms with Gasteiger partial charge in [-0.3, -0.25) is 4.79 Å². The average molecular weight is 282 g/mol. The van der Waals surface area contributed by atoms with Crippen LogP contribution in [0.3, 0.4) is 0 Å². The largest absolute Gasteiger partial charge is 0.352 e. The van der Waals surface area contributed by atoms with Gasteiger partial charge in [-0.25, -0.2) is 13.6 Å². The lowest BCUT2D eigenvalue weighted by atomic mass is 10.1. The van der Waals surface area contributed by atoms with Crippen LogP contribution in [-0.2, 0) is 10.0 Å². The fraction of sp³-hybridized carbons (Fsp3) is 0.308. The molecular formula is C13H18N2O3S. The van der Waals surface area contributed by atoms with E-state index < -0.39 is 10.0 Å². The van der Waals surface area contributed by atoms with Crippen LogP contribution in [0.15, 0.2) is 35.2 Å². The maximum absolute atomic E-state index is 11.9. The maximum Gasteiger partial charge on any atom is 0.251 e. The molecule has 0 atom stereocenters. The summed E-state index contributed by atoms with van der Waals surface area (Å²) >= 11 is 0. The van der Waals surface area contributed by atoms with E-state index in [1.807, 2.05) is 19.1 Å². The topological polar surface area (TPSA) is 89.3 Å². The fourth-order valence-corrected chi connectivity index (χ4v) is 2.22. The van der Waals surface area contributed by atoms with E-state index in [0.717, 1.165) is 6.42 Å². The highest BCUT2D eigenvalue weighted by atomic mass is 32.2. The Labute approximate surface area is 113 Å². The summed E-state index contributed by atoms with van der Waals surface area (Å²) in [6.45, 7) is 4.12. The molecule has 0 radical (unpaired) electrons. The van der Waals surface area contributed by atoms with Crippen molar-refractivity contribution in [1.82, 2.24) is 5.32 Å². The zero-order chi connectivity index (χ0) is 14.5. The van der Waals surface area contributed by atoms with Gasteiger partial charge in [0.25, 0.3) is 5.91 Å². The summed E-state index contributed by atoms with van der Waals surface area (Å²) in [6, 6.07) is 4.35. The number of hydrogen-bond acceptors (Lipinski definition) is 3. The SMILES string of the molecule is C/C=C/CCNC(=O)c1cc(C)cc(S(N)(=O)=O)c1. The number of rotatable bonds is 5. The molecule has 5 nitrogen and oxygen atoms in total. The minimum absolute atomic E-state index is 0.0499. The lowest BCUT2D eigenvalue weighted by Crippen LogP contribution is -2.24. The summed E-state index contributed by atoms with van der Waals surface area (Å²) in [6.07, 6.45) is 4.57. The lowest BCUT2D eigenvalue weighted by molar-refractivity contribution is 0.0954. The maximum atomic E-state index is 11.9. The highest BCUT2D eigenvalue weighted by Gasteiger charge is 2.13. The van der Waals surface area contributed by atoms with Crippen molar-refractivity contribution in [2.45, 2.75) is 25.2 Å². The molecule has 6 heteroatoms.